The van der Waals surface area contributed by atoms with Gasteiger partial charge in [0.25, 0.3) is 0 Å². The Morgan fingerprint density at radius 1 is 0.333 bits per heavy atom. The van der Waals surface area contributed by atoms with Crippen molar-refractivity contribution >= 4 is 17.9 Å². The van der Waals surface area contributed by atoms with Gasteiger partial charge in [-0.05, 0) is 57.8 Å². The zero-order chi connectivity index (χ0) is 45.8. The van der Waals surface area contributed by atoms with Gasteiger partial charge in [0.1, 0.15) is 13.2 Å². The Kier molecular flexibility index (Phi) is 49.4. The average Bonchev–Trinajstić information content (AvgIpc) is 3.28. The predicted octanol–water partition coefficient (Wildman–Crippen LogP) is 17.6. The summed E-state index contributed by atoms with van der Waals surface area (Å²) in [5.41, 5.74) is 0. The van der Waals surface area contributed by atoms with E-state index in [-0.39, 0.29) is 37.5 Å². The lowest BCUT2D eigenvalue weighted by Gasteiger charge is -2.18. The van der Waals surface area contributed by atoms with E-state index in [0.717, 1.165) is 77.0 Å². The molecule has 0 spiro atoms. The molecule has 0 amide bonds. The van der Waals surface area contributed by atoms with Gasteiger partial charge < -0.3 is 14.2 Å². The highest BCUT2D eigenvalue weighted by Crippen LogP contribution is 2.16. The van der Waals surface area contributed by atoms with Gasteiger partial charge in [0.15, 0.2) is 6.10 Å². The van der Waals surface area contributed by atoms with E-state index in [1.165, 1.54) is 141 Å². The molecule has 0 aromatic rings. The fraction of sp³-hybridized carbons (Fsp3) is 0.772. The van der Waals surface area contributed by atoms with Crippen LogP contribution in [0.15, 0.2) is 60.8 Å². The first-order valence-electron chi connectivity index (χ1n) is 26.8. The summed E-state index contributed by atoms with van der Waals surface area (Å²) in [6.45, 7) is 6.49. The molecule has 0 bridgehead atoms. The van der Waals surface area contributed by atoms with Gasteiger partial charge in [-0.3, -0.25) is 14.4 Å². The van der Waals surface area contributed by atoms with E-state index in [1.54, 1.807) is 0 Å². The van der Waals surface area contributed by atoms with Gasteiger partial charge in [-0.25, -0.2) is 0 Å². The molecule has 0 rings (SSSR count). The molecule has 1 atom stereocenters. The van der Waals surface area contributed by atoms with Crippen LogP contribution in [-0.2, 0) is 28.6 Å². The van der Waals surface area contributed by atoms with Crippen molar-refractivity contribution in [2.24, 2.45) is 0 Å². The van der Waals surface area contributed by atoms with Gasteiger partial charge in [0.05, 0.1) is 0 Å². The van der Waals surface area contributed by atoms with Crippen LogP contribution in [0.1, 0.15) is 265 Å². The molecule has 0 aromatic carbocycles. The summed E-state index contributed by atoms with van der Waals surface area (Å²) in [5, 5.41) is 0. The Balaban J connectivity index is 4.39. The number of carbonyl (C=O) groups is 3. The topological polar surface area (TPSA) is 78.9 Å². The molecule has 364 valence electrons. The van der Waals surface area contributed by atoms with Gasteiger partial charge in [-0.2, -0.15) is 0 Å². The molecule has 0 fully saturated rings. The number of hydrogen-bond acceptors (Lipinski definition) is 6. The molecule has 0 aromatic heterocycles. The maximum absolute atomic E-state index is 12.8. The number of allylic oxidation sites excluding steroid dienone is 10. The summed E-state index contributed by atoms with van der Waals surface area (Å²) in [6.07, 6.45) is 63.6. The molecule has 0 unspecified atom stereocenters. The summed E-state index contributed by atoms with van der Waals surface area (Å²) in [7, 11) is 0. The van der Waals surface area contributed by atoms with E-state index < -0.39 is 6.10 Å². The lowest BCUT2D eigenvalue weighted by molar-refractivity contribution is -0.167. The normalized spacial score (nSPS) is 12.5. The van der Waals surface area contributed by atoms with Gasteiger partial charge in [0.2, 0.25) is 0 Å². The molecule has 0 aliphatic heterocycles. The van der Waals surface area contributed by atoms with Crippen molar-refractivity contribution in [1.29, 1.82) is 0 Å². The van der Waals surface area contributed by atoms with Crippen LogP contribution in [0.5, 0.6) is 0 Å². The van der Waals surface area contributed by atoms with E-state index >= 15 is 0 Å². The van der Waals surface area contributed by atoms with Crippen LogP contribution in [0, 0.1) is 0 Å². The number of esters is 3. The van der Waals surface area contributed by atoms with E-state index in [1.807, 2.05) is 0 Å². The molecule has 0 radical (unpaired) electrons. The van der Waals surface area contributed by atoms with Crippen molar-refractivity contribution in [3.05, 3.63) is 60.8 Å². The van der Waals surface area contributed by atoms with Gasteiger partial charge in [-0.15, -0.1) is 0 Å². The Bertz CT molecular complexity index is 1150. The molecule has 0 aliphatic carbocycles. The maximum atomic E-state index is 12.8. The predicted molar refractivity (Wildman–Crippen MR) is 270 cm³/mol. The molecule has 0 saturated heterocycles. The Hall–Kier alpha value is -2.89. The van der Waals surface area contributed by atoms with Crippen LogP contribution >= 0.6 is 0 Å². The Morgan fingerprint density at radius 3 is 0.968 bits per heavy atom. The first-order chi connectivity index (χ1) is 31.0. The number of carbonyl (C=O) groups excluding carboxylic acids is 3. The van der Waals surface area contributed by atoms with E-state index in [9.17, 15) is 14.4 Å². The van der Waals surface area contributed by atoms with Crippen LogP contribution in [0.2, 0.25) is 0 Å². The lowest BCUT2D eigenvalue weighted by atomic mass is 10.0. The van der Waals surface area contributed by atoms with E-state index in [2.05, 4.69) is 81.5 Å². The lowest BCUT2D eigenvalue weighted by Crippen LogP contribution is -2.30. The fourth-order valence-electron chi connectivity index (χ4n) is 7.54. The molecule has 0 N–H and O–H groups in total. The smallest absolute Gasteiger partial charge is 0.306 e. The minimum absolute atomic E-state index is 0.0882. The number of rotatable bonds is 48. The van der Waals surface area contributed by atoms with Gasteiger partial charge in [0, 0.05) is 19.3 Å². The SMILES string of the molecule is CC/C=C\C/C=C\C/C=C\C/C=C\C/C=C\CCCC(=O)OC[C@H](COC(=O)CCCCCCCCCCCCCCCCCCC)OC(=O)CCCCCCCCCCCCC. The van der Waals surface area contributed by atoms with Crippen molar-refractivity contribution < 1.29 is 28.6 Å². The van der Waals surface area contributed by atoms with Gasteiger partial charge >= 0.3 is 17.9 Å². The molecule has 0 heterocycles. The second-order valence-electron chi connectivity index (χ2n) is 17.8. The first-order valence-corrected chi connectivity index (χ1v) is 26.8. The fourth-order valence-corrected chi connectivity index (χ4v) is 7.54. The van der Waals surface area contributed by atoms with Crippen molar-refractivity contribution in [3.8, 4) is 0 Å². The van der Waals surface area contributed by atoms with Crippen LogP contribution < -0.4 is 0 Å². The molecule has 0 aliphatic rings. The zero-order valence-corrected chi connectivity index (χ0v) is 41.6. The minimum atomic E-state index is -0.792. The number of unbranched alkanes of at least 4 members (excludes halogenated alkanes) is 27. The largest absolute Gasteiger partial charge is 0.462 e. The summed E-state index contributed by atoms with van der Waals surface area (Å²) >= 11 is 0. The second-order valence-corrected chi connectivity index (χ2v) is 17.8. The minimum Gasteiger partial charge on any atom is -0.462 e. The zero-order valence-electron chi connectivity index (χ0n) is 41.6. The van der Waals surface area contributed by atoms with Crippen LogP contribution in [0.25, 0.3) is 0 Å². The monoisotopic (exact) mass is 881 g/mol. The summed E-state index contributed by atoms with van der Waals surface area (Å²) < 4.78 is 16.8. The van der Waals surface area contributed by atoms with E-state index in [0.29, 0.717) is 19.3 Å². The van der Waals surface area contributed by atoms with Crippen molar-refractivity contribution in [2.45, 2.75) is 271 Å². The third-order valence-corrected chi connectivity index (χ3v) is 11.5. The highest BCUT2D eigenvalue weighted by atomic mass is 16.6. The highest BCUT2D eigenvalue weighted by Gasteiger charge is 2.19. The molecular formula is C57H100O6. The summed E-state index contributed by atoms with van der Waals surface area (Å²) in [4.78, 5) is 38.0. The molecular weight excluding hydrogens is 781 g/mol. The standard InChI is InChI=1S/C57H100O6/c1-4-7-10-13-16-19-22-24-26-28-30-32-35-37-40-43-46-49-55(58)61-52-54(63-57(60)51-48-45-42-39-34-21-18-15-12-9-6-3)53-62-56(59)50-47-44-41-38-36-33-31-29-27-25-23-20-17-14-11-8-5-2/h7,10,16,19,24,26,30,32,37,40,54H,4-6,8-9,11-15,17-18,20-23,25,27-29,31,33-36,38-39,41-53H2,1-3H3/b10-7-,19-16-,26-24-,32-30-,40-37-/t54-/m1/s1. The average molecular weight is 881 g/mol. The Morgan fingerprint density at radius 2 is 0.619 bits per heavy atom. The molecule has 6 nitrogen and oxygen atoms in total. The molecule has 63 heavy (non-hydrogen) atoms. The van der Waals surface area contributed by atoms with Crippen molar-refractivity contribution in [3.63, 3.8) is 0 Å². The molecule has 0 saturated carbocycles. The van der Waals surface area contributed by atoms with Crippen molar-refractivity contribution in [2.75, 3.05) is 13.2 Å². The third-order valence-electron chi connectivity index (χ3n) is 11.5. The van der Waals surface area contributed by atoms with E-state index in [4.69, 9.17) is 14.2 Å². The number of ether oxygens (including phenoxy) is 3. The second kappa shape index (κ2) is 51.7. The quantitative estimate of drug-likeness (QED) is 0.0262. The summed E-state index contributed by atoms with van der Waals surface area (Å²) in [5.74, 6) is -0.941. The van der Waals surface area contributed by atoms with Crippen LogP contribution in [0.3, 0.4) is 0 Å². The maximum Gasteiger partial charge on any atom is 0.306 e. The highest BCUT2D eigenvalue weighted by molar-refractivity contribution is 5.71. The number of hydrogen-bond donors (Lipinski definition) is 0. The van der Waals surface area contributed by atoms with Crippen molar-refractivity contribution in [1.82, 2.24) is 0 Å². The molecule has 6 heteroatoms. The van der Waals surface area contributed by atoms with Crippen LogP contribution in [0.4, 0.5) is 0 Å². The Labute approximate surface area is 390 Å². The third kappa shape index (κ3) is 50.0. The van der Waals surface area contributed by atoms with Crippen LogP contribution in [-0.4, -0.2) is 37.2 Å². The summed E-state index contributed by atoms with van der Waals surface area (Å²) in [6, 6.07) is 0. The van der Waals surface area contributed by atoms with Gasteiger partial charge in [-0.1, -0.05) is 248 Å². The first kappa shape index (κ1) is 60.1.